The second kappa shape index (κ2) is 11.7. The van der Waals surface area contributed by atoms with Crippen molar-refractivity contribution in [3.8, 4) is 5.88 Å². The summed E-state index contributed by atoms with van der Waals surface area (Å²) < 4.78 is 5.57. The van der Waals surface area contributed by atoms with Crippen LogP contribution in [0.2, 0.25) is 0 Å². The number of rotatable bonds is 8. The fourth-order valence-electron chi connectivity index (χ4n) is 3.10. The molecule has 1 aromatic heterocycles. The van der Waals surface area contributed by atoms with E-state index in [9.17, 15) is 0 Å². The van der Waals surface area contributed by atoms with Crippen LogP contribution in [0.4, 0.5) is 0 Å². The standard InChI is InChI=1S/C20H35N5O/c1-17(2)26-19-10-9-18(15-23-19)16-24-20(21-3)22-11-8-14-25-12-6-4-5-7-13-25/h9-10,15,17H,4-8,11-14,16H2,1-3H3,(H2,21,22,24). The lowest BCUT2D eigenvalue weighted by atomic mass is 10.2. The van der Waals surface area contributed by atoms with Crippen LogP contribution in [0.15, 0.2) is 23.3 Å². The van der Waals surface area contributed by atoms with Gasteiger partial charge in [0.15, 0.2) is 5.96 Å². The smallest absolute Gasteiger partial charge is 0.213 e. The lowest BCUT2D eigenvalue weighted by molar-refractivity contribution is 0.232. The Hall–Kier alpha value is -1.82. The first-order valence-corrected chi connectivity index (χ1v) is 9.96. The molecule has 1 aliphatic rings. The van der Waals surface area contributed by atoms with Gasteiger partial charge in [-0.1, -0.05) is 18.9 Å². The Morgan fingerprint density at radius 2 is 1.96 bits per heavy atom. The quantitative estimate of drug-likeness (QED) is 0.423. The highest BCUT2D eigenvalue weighted by atomic mass is 16.5. The van der Waals surface area contributed by atoms with Crippen LogP contribution in [0.3, 0.4) is 0 Å². The number of pyridine rings is 1. The van der Waals surface area contributed by atoms with E-state index in [4.69, 9.17) is 4.74 Å². The van der Waals surface area contributed by atoms with Crippen molar-refractivity contribution in [3.63, 3.8) is 0 Å². The zero-order valence-electron chi connectivity index (χ0n) is 16.6. The van der Waals surface area contributed by atoms with Crippen LogP contribution >= 0.6 is 0 Å². The van der Waals surface area contributed by atoms with Gasteiger partial charge in [-0.25, -0.2) is 4.98 Å². The number of aliphatic imine (C=N–C) groups is 1. The Bertz CT molecular complexity index is 522. The molecule has 1 aliphatic heterocycles. The Balaban J connectivity index is 1.64. The van der Waals surface area contributed by atoms with Gasteiger partial charge < -0.3 is 20.3 Å². The zero-order chi connectivity index (χ0) is 18.6. The van der Waals surface area contributed by atoms with E-state index in [1.807, 2.05) is 39.2 Å². The Labute approximate surface area is 158 Å². The van der Waals surface area contributed by atoms with E-state index in [2.05, 4.69) is 25.5 Å². The normalized spacial score (nSPS) is 16.4. The molecule has 146 valence electrons. The first-order valence-electron chi connectivity index (χ1n) is 9.96. The molecule has 2 rings (SSSR count). The van der Waals surface area contributed by atoms with Crippen LogP contribution in [-0.2, 0) is 6.54 Å². The van der Waals surface area contributed by atoms with Crippen LogP contribution in [0.25, 0.3) is 0 Å². The number of guanidine groups is 1. The minimum atomic E-state index is 0.142. The molecule has 0 unspecified atom stereocenters. The zero-order valence-corrected chi connectivity index (χ0v) is 16.6. The molecule has 1 saturated heterocycles. The molecule has 6 heteroatoms. The van der Waals surface area contributed by atoms with Gasteiger partial charge in [0.2, 0.25) is 5.88 Å². The highest BCUT2D eigenvalue weighted by Gasteiger charge is 2.08. The van der Waals surface area contributed by atoms with Crippen LogP contribution < -0.4 is 15.4 Å². The molecule has 0 saturated carbocycles. The molecule has 0 aromatic carbocycles. The summed E-state index contributed by atoms with van der Waals surface area (Å²) in [6.07, 6.45) is 8.62. The Morgan fingerprint density at radius 1 is 1.19 bits per heavy atom. The van der Waals surface area contributed by atoms with Crippen LogP contribution in [-0.4, -0.2) is 55.2 Å². The number of hydrogen-bond donors (Lipinski definition) is 2. The van der Waals surface area contributed by atoms with Gasteiger partial charge in [-0.05, 0) is 58.3 Å². The van der Waals surface area contributed by atoms with Gasteiger partial charge in [0.1, 0.15) is 0 Å². The molecule has 0 bridgehead atoms. The number of nitrogens with one attached hydrogen (secondary N) is 2. The minimum Gasteiger partial charge on any atom is -0.475 e. The molecule has 0 radical (unpaired) electrons. The van der Waals surface area contributed by atoms with Gasteiger partial charge in [0.25, 0.3) is 0 Å². The van der Waals surface area contributed by atoms with Crippen LogP contribution in [0, 0.1) is 0 Å². The molecule has 26 heavy (non-hydrogen) atoms. The molecule has 0 aliphatic carbocycles. The maximum atomic E-state index is 5.57. The van der Waals surface area contributed by atoms with Crippen molar-refractivity contribution in [1.82, 2.24) is 20.5 Å². The fraction of sp³-hybridized carbons (Fsp3) is 0.700. The minimum absolute atomic E-state index is 0.142. The van der Waals surface area contributed by atoms with Crippen molar-refractivity contribution in [2.24, 2.45) is 4.99 Å². The summed E-state index contributed by atoms with van der Waals surface area (Å²) in [6, 6.07) is 3.94. The molecule has 0 amide bonds. The molecule has 1 aromatic rings. The third kappa shape index (κ3) is 8.04. The number of ether oxygens (including phenoxy) is 1. The van der Waals surface area contributed by atoms with Gasteiger partial charge in [-0.3, -0.25) is 4.99 Å². The highest BCUT2D eigenvalue weighted by molar-refractivity contribution is 5.79. The summed E-state index contributed by atoms with van der Waals surface area (Å²) in [6.45, 7) is 9.33. The summed E-state index contributed by atoms with van der Waals surface area (Å²) in [5.74, 6) is 1.50. The van der Waals surface area contributed by atoms with Gasteiger partial charge in [0.05, 0.1) is 6.10 Å². The van der Waals surface area contributed by atoms with Gasteiger partial charge in [0, 0.05) is 32.4 Å². The number of hydrogen-bond acceptors (Lipinski definition) is 4. The molecule has 0 atom stereocenters. The average Bonchev–Trinajstić information content (AvgIpc) is 2.91. The van der Waals surface area contributed by atoms with E-state index in [0.717, 1.165) is 24.5 Å². The molecular formula is C20H35N5O. The fourth-order valence-corrected chi connectivity index (χ4v) is 3.10. The summed E-state index contributed by atoms with van der Waals surface area (Å²) in [4.78, 5) is 11.2. The predicted octanol–water partition coefficient (Wildman–Crippen LogP) is 2.80. The molecule has 2 N–H and O–H groups in total. The van der Waals surface area contributed by atoms with E-state index < -0.39 is 0 Å². The van der Waals surface area contributed by atoms with Gasteiger partial charge >= 0.3 is 0 Å². The second-order valence-electron chi connectivity index (χ2n) is 7.13. The Kier molecular flexibility index (Phi) is 9.24. The molecule has 1 fully saturated rings. The van der Waals surface area contributed by atoms with Crippen molar-refractivity contribution < 1.29 is 4.74 Å². The number of likely N-dealkylation sites (tertiary alicyclic amines) is 1. The van der Waals surface area contributed by atoms with Crippen molar-refractivity contribution in [2.45, 2.75) is 58.6 Å². The number of nitrogens with zero attached hydrogens (tertiary/aromatic N) is 3. The van der Waals surface area contributed by atoms with E-state index in [-0.39, 0.29) is 6.10 Å². The lowest BCUT2D eigenvalue weighted by Crippen LogP contribution is -2.38. The predicted molar refractivity (Wildman–Crippen MR) is 108 cm³/mol. The van der Waals surface area contributed by atoms with Crippen LogP contribution in [0.1, 0.15) is 51.5 Å². The monoisotopic (exact) mass is 361 g/mol. The highest BCUT2D eigenvalue weighted by Crippen LogP contribution is 2.10. The SMILES string of the molecule is CN=C(NCCCN1CCCCCC1)NCc1ccc(OC(C)C)nc1. The first kappa shape index (κ1) is 20.5. The maximum absolute atomic E-state index is 5.57. The van der Waals surface area contributed by atoms with Crippen molar-refractivity contribution in [3.05, 3.63) is 23.9 Å². The molecule has 0 spiro atoms. The van der Waals surface area contributed by atoms with E-state index in [1.54, 1.807) is 0 Å². The van der Waals surface area contributed by atoms with Gasteiger partial charge in [-0.15, -0.1) is 0 Å². The van der Waals surface area contributed by atoms with Crippen molar-refractivity contribution in [2.75, 3.05) is 33.2 Å². The molecular weight excluding hydrogens is 326 g/mol. The topological polar surface area (TPSA) is 61.8 Å². The average molecular weight is 362 g/mol. The maximum Gasteiger partial charge on any atom is 0.213 e. The third-order valence-corrected chi connectivity index (χ3v) is 4.48. The van der Waals surface area contributed by atoms with Crippen LogP contribution in [0.5, 0.6) is 5.88 Å². The van der Waals surface area contributed by atoms with E-state index in [0.29, 0.717) is 12.4 Å². The molecule has 2 heterocycles. The number of aromatic nitrogens is 1. The summed E-state index contributed by atoms with van der Waals surface area (Å²) in [5.41, 5.74) is 1.11. The Morgan fingerprint density at radius 3 is 2.58 bits per heavy atom. The second-order valence-corrected chi connectivity index (χ2v) is 7.13. The lowest BCUT2D eigenvalue weighted by Gasteiger charge is -2.20. The van der Waals surface area contributed by atoms with Crippen molar-refractivity contribution in [1.29, 1.82) is 0 Å². The summed E-state index contributed by atoms with van der Waals surface area (Å²) >= 11 is 0. The molecule has 6 nitrogen and oxygen atoms in total. The first-order chi connectivity index (χ1) is 12.7. The van der Waals surface area contributed by atoms with E-state index >= 15 is 0 Å². The van der Waals surface area contributed by atoms with E-state index in [1.165, 1.54) is 45.3 Å². The van der Waals surface area contributed by atoms with Gasteiger partial charge in [-0.2, -0.15) is 0 Å². The third-order valence-electron chi connectivity index (χ3n) is 4.48. The largest absolute Gasteiger partial charge is 0.475 e. The summed E-state index contributed by atoms with van der Waals surface area (Å²) in [7, 11) is 1.81. The summed E-state index contributed by atoms with van der Waals surface area (Å²) in [5, 5.41) is 6.74. The van der Waals surface area contributed by atoms with Crippen molar-refractivity contribution >= 4 is 5.96 Å².